The van der Waals surface area contributed by atoms with E-state index in [0.29, 0.717) is 6.61 Å². The van der Waals surface area contributed by atoms with Crippen LogP contribution in [-0.4, -0.2) is 42.9 Å². The second kappa shape index (κ2) is 13.5. The largest absolute Gasteiger partial charge is 0.463 e. The lowest BCUT2D eigenvalue weighted by Crippen LogP contribution is -2.38. The summed E-state index contributed by atoms with van der Waals surface area (Å²) in [6.07, 6.45) is 4.74. The van der Waals surface area contributed by atoms with Gasteiger partial charge in [-0.05, 0) is 36.4 Å². The lowest BCUT2D eigenvalue weighted by Gasteiger charge is -2.32. The normalized spacial score (nSPS) is 11.6. The second-order valence-electron chi connectivity index (χ2n) is 7.49. The van der Waals surface area contributed by atoms with Crippen LogP contribution in [0.4, 0.5) is 0 Å². The van der Waals surface area contributed by atoms with Crippen molar-refractivity contribution in [3.63, 3.8) is 0 Å². The number of nitrogens with zero attached hydrogens (tertiary/aromatic N) is 1. The number of likely N-dealkylation sites (N-methyl/N-ethyl adjacent to an activating group) is 1. The predicted molar refractivity (Wildman–Crippen MR) is 129 cm³/mol. The van der Waals surface area contributed by atoms with E-state index < -0.39 is 4.75 Å². The van der Waals surface area contributed by atoms with Crippen molar-refractivity contribution in [1.29, 1.82) is 0 Å². The molecule has 0 fully saturated rings. The van der Waals surface area contributed by atoms with Crippen molar-refractivity contribution in [2.24, 2.45) is 0 Å². The summed E-state index contributed by atoms with van der Waals surface area (Å²) in [7, 11) is 0. The fourth-order valence-electron chi connectivity index (χ4n) is 3.64. The third kappa shape index (κ3) is 6.61. The van der Waals surface area contributed by atoms with Crippen LogP contribution in [0.25, 0.3) is 0 Å². The molecule has 2 aromatic rings. The first-order chi connectivity index (χ1) is 14.7. The summed E-state index contributed by atoms with van der Waals surface area (Å²) in [4.78, 5) is 16.0. The van der Waals surface area contributed by atoms with Crippen LogP contribution in [0.15, 0.2) is 60.7 Å². The first kappa shape index (κ1) is 24.5. The maximum atomic E-state index is 13.7. The zero-order chi connectivity index (χ0) is 21.7. The molecular formula is C26H37NO2S. The van der Waals surface area contributed by atoms with Crippen molar-refractivity contribution in [2.45, 2.75) is 51.2 Å². The first-order valence-electron chi connectivity index (χ1n) is 11.3. The van der Waals surface area contributed by atoms with Gasteiger partial charge in [-0.2, -0.15) is 0 Å². The van der Waals surface area contributed by atoms with Crippen LogP contribution in [0.1, 0.15) is 57.6 Å². The maximum Gasteiger partial charge on any atom is 0.331 e. The Labute approximate surface area is 187 Å². The number of carbonyl (C=O) groups excluding carboxylic acids is 1. The molecule has 0 saturated heterocycles. The molecule has 30 heavy (non-hydrogen) atoms. The Balaban J connectivity index is 2.31. The van der Waals surface area contributed by atoms with E-state index in [1.165, 1.54) is 19.3 Å². The summed E-state index contributed by atoms with van der Waals surface area (Å²) < 4.78 is 5.09. The van der Waals surface area contributed by atoms with Crippen LogP contribution in [0.2, 0.25) is 0 Å². The van der Waals surface area contributed by atoms with Gasteiger partial charge in [0.05, 0.1) is 0 Å². The number of thioether (sulfide) groups is 1. The average molecular weight is 428 g/mol. The first-order valence-corrected chi connectivity index (χ1v) is 12.3. The fourth-order valence-corrected chi connectivity index (χ4v) is 5.07. The third-order valence-corrected chi connectivity index (χ3v) is 7.06. The van der Waals surface area contributed by atoms with Gasteiger partial charge in [-0.1, -0.05) is 101 Å². The molecule has 0 unspecified atom stereocenters. The summed E-state index contributed by atoms with van der Waals surface area (Å²) >= 11 is 1.72. The number of hydrogen-bond acceptors (Lipinski definition) is 4. The molecule has 0 atom stereocenters. The van der Waals surface area contributed by atoms with Gasteiger partial charge in [0.25, 0.3) is 0 Å². The Morgan fingerprint density at radius 1 is 0.867 bits per heavy atom. The van der Waals surface area contributed by atoms with Crippen molar-refractivity contribution in [3.05, 3.63) is 71.8 Å². The van der Waals surface area contributed by atoms with E-state index in [1.54, 1.807) is 11.8 Å². The van der Waals surface area contributed by atoms with Gasteiger partial charge in [-0.25, -0.2) is 4.79 Å². The van der Waals surface area contributed by atoms with Crippen molar-refractivity contribution < 1.29 is 9.53 Å². The average Bonchev–Trinajstić information content (AvgIpc) is 2.80. The zero-order valence-electron chi connectivity index (χ0n) is 18.8. The maximum absolute atomic E-state index is 13.7. The Morgan fingerprint density at radius 2 is 1.43 bits per heavy atom. The molecule has 0 aliphatic rings. The van der Waals surface area contributed by atoms with E-state index in [2.05, 4.69) is 49.9 Å². The molecule has 0 aliphatic carbocycles. The molecule has 0 aromatic heterocycles. The standard InChI is InChI=1S/C26H37NO2S/c1-4-7-8-15-22-30-26(23-16-11-9-12-17-23,24-18-13-10-14-19-24)25(28)29-21-20-27(5-2)6-3/h9-14,16-19H,4-8,15,20-22H2,1-3H3. The predicted octanol–water partition coefficient (Wildman–Crippen LogP) is 6.13. The highest BCUT2D eigenvalue weighted by molar-refractivity contribution is 8.01. The molecule has 0 radical (unpaired) electrons. The van der Waals surface area contributed by atoms with Crippen molar-refractivity contribution in [3.8, 4) is 0 Å². The number of esters is 1. The monoisotopic (exact) mass is 427 g/mol. The second-order valence-corrected chi connectivity index (χ2v) is 8.79. The third-order valence-electron chi connectivity index (χ3n) is 5.50. The summed E-state index contributed by atoms with van der Waals surface area (Å²) in [5, 5.41) is 0. The van der Waals surface area contributed by atoms with Crippen LogP contribution in [0.3, 0.4) is 0 Å². The van der Waals surface area contributed by atoms with Gasteiger partial charge in [-0.15, -0.1) is 11.8 Å². The highest BCUT2D eigenvalue weighted by atomic mass is 32.2. The Kier molecular flexibility index (Phi) is 11.0. The lowest BCUT2D eigenvalue weighted by atomic mass is 9.90. The molecule has 0 aliphatic heterocycles. The molecule has 3 nitrogen and oxygen atoms in total. The van der Waals surface area contributed by atoms with Crippen molar-refractivity contribution in [1.82, 2.24) is 4.90 Å². The number of unbranched alkanes of at least 4 members (excludes halogenated alkanes) is 3. The Bertz CT molecular complexity index is 677. The summed E-state index contributed by atoms with van der Waals surface area (Å²) in [6.45, 7) is 9.59. The van der Waals surface area contributed by atoms with E-state index >= 15 is 0 Å². The number of ether oxygens (including phenoxy) is 1. The Hall–Kier alpha value is -1.78. The highest BCUT2D eigenvalue weighted by Crippen LogP contribution is 2.44. The van der Waals surface area contributed by atoms with Crippen molar-refractivity contribution >= 4 is 17.7 Å². The molecule has 0 saturated carbocycles. The fraction of sp³-hybridized carbons (Fsp3) is 0.500. The van der Waals surface area contributed by atoms with Crippen LogP contribution >= 0.6 is 11.8 Å². The smallest absolute Gasteiger partial charge is 0.331 e. The molecule has 0 bridgehead atoms. The summed E-state index contributed by atoms with van der Waals surface area (Å²) in [6, 6.07) is 20.2. The molecule has 2 aromatic carbocycles. The highest BCUT2D eigenvalue weighted by Gasteiger charge is 2.44. The van der Waals surface area contributed by atoms with Gasteiger partial charge in [-0.3, -0.25) is 0 Å². The van der Waals surface area contributed by atoms with Crippen LogP contribution < -0.4 is 0 Å². The molecular weight excluding hydrogens is 390 g/mol. The quantitative estimate of drug-likeness (QED) is 0.268. The van der Waals surface area contributed by atoms with E-state index in [-0.39, 0.29) is 5.97 Å². The summed E-state index contributed by atoms with van der Waals surface area (Å²) in [5.74, 6) is 0.766. The van der Waals surface area contributed by atoms with Crippen LogP contribution in [0.5, 0.6) is 0 Å². The van der Waals surface area contributed by atoms with Crippen LogP contribution in [0, 0.1) is 0 Å². The van der Waals surface area contributed by atoms with Gasteiger partial charge >= 0.3 is 5.97 Å². The lowest BCUT2D eigenvalue weighted by molar-refractivity contribution is -0.146. The topological polar surface area (TPSA) is 29.5 Å². The molecule has 164 valence electrons. The molecule has 0 amide bonds. The van der Waals surface area contributed by atoms with Gasteiger partial charge in [0, 0.05) is 6.54 Å². The van der Waals surface area contributed by atoms with Gasteiger partial charge in [0.1, 0.15) is 6.61 Å². The van der Waals surface area contributed by atoms with E-state index in [4.69, 9.17) is 4.74 Å². The minimum Gasteiger partial charge on any atom is -0.463 e. The zero-order valence-corrected chi connectivity index (χ0v) is 19.6. The molecule has 2 rings (SSSR count). The molecule has 0 heterocycles. The molecule has 0 N–H and O–H groups in total. The molecule has 0 spiro atoms. The number of hydrogen-bond donors (Lipinski definition) is 0. The minimum absolute atomic E-state index is 0.160. The number of rotatable bonds is 14. The number of benzene rings is 2. The van der Waals surface area contributed by atoms with Gasteiger partial charge in [0.2, 0.25) is 0 Å². The SMILES string of the molecule is CCCCCCSC(C(=O)OCCN(CC)CC)(c1ccccc1)c1ccccc1. The van der Waals surface area contributed by atoms with Crippen LogP contribution in [-0.2, 0) is 14.3 Å². The van der Waals surface area contributed by atoms with E-state index in [9.17, 15) is 4.79 Å². The Morgan fingerprint density at radius 3 is 1.93 bits per heavy atom. The molecule has 4 heteroatoms. The number of carbonyl (C=O) groups is 1. The van der Waals surface area contributed by atoms with Gasteiger partial charge in [0.15, 0.2) is 4.75 Å². The summed E-state index contributed by atoms with van der Waals surface area (Å²) in [5.41, 5.74) is 1.98. The van der Waals surface area contributed by atoms with Crippen molar-refractivity contribution in [2.75, 3.05) is 32.0 Å². The van der Waals surface area contributed by atoms with E-state index in [1.807, 2.05) is 36.4 Å². The van der Waals surface area contributed by atoms with E-state index in [0.717, 1.165) is 42.9 Å². The minimum atomic E-state index is -0.835. The van der Waals surface area contributed by atoms with Gasteiger partial charge < -0.3 is 9.64 Å².